The van der Waals surface area contributed by atoms with Gasteiger partial charge in [0.25, 0.3) is 0 Å². The molecule has 5 heteroatoms. The summed E-state index contributed by atoms with van der Waals surface area (Å²) in [5, 5.41) is 6.45. The monoisotopic (exact) mass is 668 g/mol. The molecule has 0 aliphatic carbocycles. The lowest BCUT2D eigenvalue weighted by molar-refractivity contribution is 0.620. The highest BCUT2D eigenvalue weighted by Crippen LogP contribution is 2.48. The molecule has 244 valence electrons. The van der Waals surface area contributed by atoms with Crippen LogP contribution in [0.25, 0.3) is 88.3 Å². The van der Waals surface area contributed by atoms with Crippen LogP contribution >= 0.6 is 0 Å². The first-order valence-electron chi connectivity index (χ1n) is 17.4. The highest BCUT2D eigenvalue weighted by Gasteiger charge is 2.25. The average Bonchev–Trinajstić information content (AvgIpc) is 3.92. The van der Waals surface area contributed by atoms with Gasteiger partial charge in [0.15, 0.2) is 11.2 Å². The van der Waals surface area contributed by atoms with Crippen molar-refractivity contribution in [2.75, 3.05) is 4.90 Å². The molecule has 0 amide bonds. The van der Waals surface area contributed by atoms with E-state index in [9.17, 15) is 0 Å². The van der Waals surface area contributed by atoms with Gasteiger partial charge in [-0.15, -0.1) is 0 Å². The fourth-order valence-electron chi connectivity index (χ4n) is 7.81. The zero-order chi connectivity index (χ0) is 34.2. The van der Waals surface area contributed by atoms with Crippen molar-refractivity contribution in [2.24, 2.45) is 0 Å². The summed E-state index contributed by atoms with van der Waals surface area (Å²) >= 11 is 0. The molecule has 0 saturated heterocycles. The van der Waals surface area contributed by atoms with Crippen LogP contribution in [0.2, 0.25) is 0 Å². The second-order valence-electron chi connectivity index (χ2n) is 13.1. The molecule has 0 spiro atoms. The Morgan fingerprint density at radius 1 is 0.423 bits per heavy atom. The van der Waals surface area contributed by atoms with E-state index in [1.165, 1.54) is 16.3 Å². The van der Waals surface area contributed by atoms with Crippen LogP contribution in [0.3, 0.4) is 0 Å². The van der Waals surface area contributed by atoms with E-state index in [1.807, 2.05) is 54.6 Å². The fraction of sp³-hybridized carbons (Fsp3) is 0. The molecule has 0 unspecified atom stereocenters. The summed E-state index contributed by atoms with van der Waals surface area (Å²) in [5.74, 6) is 0.564. The summed E-state index contributed by atoms with van der Waals surface area (Å²) < 4.78 is 19.6. The first-order valence-corrected chi connectivity index (χ1v) is 17.4. The quantitative estimate of drug-likeness (QED) is 0.183. The van der Waals surface area contributed by atoms with E-state index in [4.69, 9.17) is 18.2 Å². The maximum atomic E-state index is 6.86. The van der Waals surface area contributed by atoms with Gasteiger partial charge in [0.2, 0.25) is 5.89 Å². The van der Waals surface area contributed by atoms with Crippen LogP contribution in [0.1, 0.15) is 0 Å². The molecule has 0 fully saturated rings. The third-order valence-corrected chi connectivity index (χ3v) is 10.1. The molecule has 0 aliphatic rings. The number of anilines is 3. The summed E-state index contributed by atoms with van der Waals surface area (Å²) in [5.41, 5.74) is 10.8. The normalized spacial score (nSPS) is 11.8. The van der Waals surface area contributed by atoms with Crippen LogP contribution in [0.4, 0.5) is 17.1 Å². The van der Waals surface area contributed by atoms with Crippen LogP contribution < -0.4 is 4.90 Å². The second-order valence-corrected chi connectivity index (χ2v) is 13.1. The van der Waals surface area contributed by atoms with E-state index >= 15 is 0 Å². The lowest BCUT2D eigenvalue weighted by atomic mass is 9.97. The van der Waals surface area contributed by atoms with Crippen molar-refractivity contribution in [2.45, 2.75) is 0 Å². The Balaban J connectivity index is 1.19. The molecule has 0 saturated carbocycles. The summed E-state index contributed by atoms with van der Waals surface area (Å²) in [6, 6.07) is 58.6. The Hall–Kier alpha value is -7.11. The molecule has 11 rings (SSSR count). The smallest absolute Gasteiger partial charge is 0.228 e. The Kier molecular flexibility index (Phi) is 6.18. The SMILES string of the molecule is c1cc(-c2cccc3ccccc23)cc(N(c2cccc3c2oc2cccc(-c4nc5ccccc5o4)c23)c2cccc3oc4ccccc4c23)c1. The molecule has 3 aromatic heterocycles. The molecule has 0 atom stereocenters. The molecule has 8 aromatic carbocycles. The first kappa shape index (κ1) is 28.7. The van der Waals surface area contributed by atoms with Crippen molar-refractivity contribution >= 4 is 82.8 Å². The number of oxazole rings is 1. The first-order chi connectivity index (χ1) is 25.8. The molecule has 3 heterocycles. The fourth-order valence-corrected chi connectivity index (χ4v) is 7.81. The van der Waals surface area contributed by atoms with E-state index in [2.05, 4.69) is 120 Å². The third-order valence-electron chi connectivity index (χ3n) is 10.1. The molecule has 11 aromatic rings. The molecule has 0 radical (unpaired) electrons. The van der Waals surface area contributed by atoms with Gasteiger partial charge < -0.3 is 18.2 Å². The van der Waals surface area contributed by atoms with Crippen molar-refractivity contribution < 1.29 is 13.3 Å². The van der Waals surface area contributed by atoms with Crippen LogP contribution in [-0.4, -0.2) is 4.98 Å². The largest absolute Gasteiger partial charge is 0.456 e. The van der Waals surface area contributed by atoms with Crippen molar-refractivity contribution in [3.8, 4) is 22.6 Å². The molecular weight excluding hydrogens is 641 g/mol. The number of para-hydroxylation sites is 4. The zero-order valence-electron chi connectivity index (χ0n) is 27.8. The molecular formula is C47H28N2O3. The summed E-state index contributed by atoms with van der Waals surface area (Å²) in [4.78, 5) is 7.17. The Labute approximate surface area is 297 Å². The van der Waals surface area contributed by atoms with Crippen LogP contribution in [0.5, 0.6) is 0 Å². The maximum absolute atomic E-state index is 6.86. The zero-order valence-corrected chi connectivity index (χ0v) is 27.8. The van der Waals surface area contributed by atoms with E-state index in [0.717, 1.165) is 83.2 Å². The third kappa shape index (κ3) is 4.33. The van der Waals surface area contributed by atoms with Crippen LogP contribution in [-0.2, 0) is 0 Å². The number of rotatable bonds is 5. The molecule has 0 bridgehead atoms. The van der Waals surface area contributed by atoms with Gasteiger partial charge in [-0.05, 0) is 82.6 Å². The van der Waals surface area contributed by atoms with Crippen LogP contribution in [0, 0.1) is 0 Å². The van der Waals surface area contributed by atoms with Gasteiger partial charge in [0.05, 0.1) is 16.8 Å². The van der Waals surface area contributed by atoms with Gasteiger partial charge in [-0.1, -0.05) is 109 Å². The van der Waals surface area contributed by atoms with Gasteiger partial charge >= 0.3 is 0 Å². The van der Waals surface area contributed by atoms with Gasteiger partial charge in [0, 0.05) is 27.4 Å². The van der Waals surface area contributed by atoms with Gasteiger partial charge in [-0.2, -0.15) is 0 Å². The van der Waals surface area contributed by atoms with E-state index in [0.29, 0.717) is 5.89 Å². The number of hydrogen-bond acceptors (Lipinski definition) is 5. The predicted molar refractivity (Wildman–Crippen MR) is 212 cm³/mol. The van der Waals surface area contributed by atoms with E-state index < -0.39 is 0 Å². The topological polar surface area (TPSA) is 55.6 Å². The highest BCUT2D eigenvalue weighted by atomic mass is 16.4. The molecule has 52 heavy (non-hydrogen) atoms. The number of nitrogens with zero attached hydrogens (tertiary/aromatic N) is 2. The highest BCUT2D eigenvalue weighted by molar-refractivity contribution is 6.18. The maximum Gasteiger partial charge on any atom is 0.228 e. The van der Waals surface area contributed by atoms with Crippen molar-refractivity contribution in [1.29, 1.82) is 0 Å². The van der Waals surface area contributed by atoms with Crippen molar-refractivity contribution in [3.63, 3.8) is 0 Å². The molecule has 0 aliphatic heterocycles. The minimum Gasteiger partial charge on any atom is -0.456 e. The number of aromatic nitrogens is 1. The van der Waals surface area contributed by atoms with E-state index in [1.54, 1.807) is 0 Å². The second kappa shape index (κ2) is 11.2. The predicted octanol–water partition coefficient (Wildman–Crippen LogP) is 13.6. The van der Waals surface area contributed by atoms with Gasteiger partial charge in [-0.25, -0.2) is 4.98 Å². The number of furan rings is 2. The molecule has 0 N–H and O–H groups in total. The van der Waals surface area contributed by atoms with Crippen LogP contribution in [0.15, 0.2) is 183 Å². The van der Waals surface area contributed by atoms with Gasteiger partial charge in [0.1, 0.15) is 22.3 Å². The van der Waals surface area contributed by atoms with Gasteiger partial charge in [-0.3, -0.25) is 0 Å². The summed E-state index contributed by atoms with van der Waals surface area (Å²) in [7, 11) is 0. The summed E-state index contributed by atoms with van der Waals surface area (Å²) in [6.07, 6.45) is 0. The number of fused-ring (bicyclic) bond motifs is 8. The number of benzene rings is 8. The Bertz CT molecular complexity index is 3130. The number of hydrogen-bond donors (Lipinski definition) is 0. The summed E-state index contributed by atoms with van der Waals surface area (Å²) in [6.45, 7) is 0. The van der Waals surface area contributed by atoms with E-state index in [-0.39, 0.29) is 0 Å². The standard InChI is InChI=1S/C47H28N2O3/c1-2-16-32-29(12-1)13-8-18-33(32)30-14-7-15-31(28-30)49(38-22-11-27-43-45(38)34-17-3-5-24-40(34)50-43)39-23-9-19-35-44-36(20-10-26-42(44)51-46(35)39)47-48-37-21-4-6-25-41(37)52-47/h1-28H. The lowest BCUT2D eigenvalue weighted by Gasteiger charge is -2.27. The Morgan fingerprint density at radius 2 is 1.08 bits per heavy atom. The average molecular weight is 669 g/mol. The van der Waals surface area contributed by atoms with Crippen molar-refractivity contribution in [1.82, 2.24) is 4.98 Å². The minimum atomic E-state index is 0.564. The van der Waals surface area contributed by atoms with Crippen molar-refractivity contribution in [3.05, 3.63) is 170 Å². The lowest BCUT2D eigenvalue weighted by Crippen LogP contribution is -2.10. The minimum absolute atomic E-state index is 0.564. The Morgan fingerprint density at radius 3 is 2.00 bits per heavy atom. The molecule has 5 nitrogen and oxygen atoms in total.